The fourth-order valence-corrected chi connectivity index (χ4v) is 2.82. The second-order valence-corrected chi connectivity index (χ2v) is 7.74. The SMILES string of the molecule is CC(=O)c1cccc(Br)c1.CCOC(=O)CC(=O)c1cccc(Br)c1.CCOC(C)=O. The largest absolute Gasteiger partial charge is 0.466 e. The molecule has 0 N–H and O–H groups in total. The lowest BCUT2D eigenvalue weighted by molar-refractivity contribution is -0.142. The summed E-state index contributed by atoms with van der Waals surface area (Å²) in [5, 5.41) is 0. The van der Waals surface area contributed by atoms with Crippen LogP contribution in [0.2, 0.25) is 0 Å². The summed E-state index contributed by atoms with van der Waals surface area (Å²) >= 11 is 6.54. The molecule has 0 spiro atoms. The van der Waals surface area contributed by atoms with Gasteiger partial charge in [0.2, 0.25) is 0 Å². The van der Waals surface area contributed by atoms with Gasteiger partial charge < -0.3 is 9.47 Å². The Hall–Kier alpha value is -2.32. The molecule has 0 atom stereocenters. The van der Waals surface area contributed by atoms with E-state index in [1.165, 1.54) is 6.92 Å². The Balaban J connectivity index is 0.000000484. The minimum atomic E-state index is -0.484. The fraction of sp³-hybridized carbons (Fsp3) is 0.304. The average molecular weight is 558 g/mol. The smallest absolute Gasteiger partial charge is 0.313 e. The summed E-state index contributed by atoms with van der Waals surface area (Å²) in [7, 11) is 0. The van der Waals surface area contributed by atoms with Crippen LogP contribution in [0.4, 0.5) is 0 Å². The van der Waals surface area contributed by atoms with E-state index in [0.717, 1.165) is 14.5 Å². The first-order valence-corrected chi connectivity index (χ1v) is 11.0. The second-order valence-electron chi connectivity index (χ2n) is 5.91. The van der Waals surface area contributed by atoms with Crippen LogP contribution < -0.4 is 0 Å². The Morgan fingerprint density at radius 2 is 1.26 bits per heavy atom. The minimum Gasteiger partial charge on any atom is -0.466 e. The van der Waals surface area contributed by atoms with Crippen LogP contribution in [0.15, 0.2) is 57.5 Å². The van der Waals surface area contributed by atoms with Crippen LogP contribution in [0.3, 0.4) is 0 Å². The van der Waals surface area contributed by atoms with Gasteiger partial charge >= 0.3 is 11.9 Å². The predicted octanol–water partition coefficient (Wildman–Crippen LogP) is 5.81. The lowest BCUT2D eigenvalue weighted by atomic mass is 10.1. The number of carbonyl (C=O) groups excluding carboxylic acids is 4. The quantitative estimate of drug-likeness (QED) is 0.253. The molecule has 0 amide bonds. The van der Waals surface area contributed by atoms with E-state index in [1.807, 2.05) is 24.3 Å². The number of ether oxygens (including phenoxy) is 2. The molecular weight excluding hydrogens is 532 g/mol. The van der Waals surface area contributed by atoms with E-state index in [1.54, 1.807) is 45.0 Å². The van der Waals surface area contributed by atoms with E-state index in [-0.39, 0.29) is 24.0 Å². The van der Waals surface area contributed by atoms with E-state index < -0.39 is 5.97 Å². The highest BCUT2D eigenvalue weighted by Gasteiger charge is 2.12. The van der Waals surface area contributed by atoms with Crippen molar-refractivity contribution >= 4 is 55.4 Å². The van der Waals surface area contributed by atoms with Crippen LogP contribution in [0.25, 0.3) is 0 Å². The van der Waals surface area contributed by atoms with Crippen molar-refractivity contribution in [1.29, 1.82) is 0 Å². The van der Waals surface area contributed by atoms with Gasteiger partial charge in [0.05, 0.1) is 13.2 Å². The molecule has 0 aromatic heterocycles. The molecule has 31 heavy (non-hydrogen) atoms. The number of carbonyl (C=O) groups is 4. The third kappa shape index (κ3) is 14.3. The molecule has 0 radical (unpaired) electrons. The normalized spacial score (nSPS) is 9.23. The summed E-state index contributed by atoms with van der Waals surface area (Å²) in [5.41, 5.74) is 1.26. The van der Waals surface area contributed by atoms with E-state index in [2.05, 4.69) is 36.6 Å². The Morgan fingerprint density at radius 1 is 0.774 bits per heavy atom. The van der Waals surface area contributed by atoms with Crippen LogP contribution in [0.5, 0.6) is 0 Å². The molecule has 8 heteroatoms. The summed E-state index contributed by atoms with van der Waals surface area (Å²) in [6, 6.07) is 14.3. The fourth-order valence-electron chi connectivity index (χ4n) is 2.02. The number of benzene rings is 2. The molecule has 0 saturated heterocycles. The third-order valence-electron chi connectivity index (χ3n) is 3.34. The van der Waals surface area contributed by atoms with Gasteiger partial charge in [-0.1, -0.05) is 56.1 Å². The molecule has 6 nitrogen and oxygen atoms in total. The lowest BCUT2D eigenvalue weighted by Gasteiger charge is -2.01. The zero-order valence-corrected chi connectivity index (χ0v) is 21.1. The van der Waals surface area contributed by atoms with Gasteiger partial charge in [-0.2, -0.15) is 0 Å². The summed E-state index contributed by atoms with van der Waals surface area (Å²) in [6.07, 6.45) is -0.204. The summed E-state index contributed by atoms with van der Waals surface area (Å²) in [4.78, 5) is 43.2. The molecule has 2 rings (SSSR count). The van der Waals surface area contributed by atoms with Crippen molar-refractivity contribution in [2.45, 2.75) is 34.1 Å². The van der Waals surface area contributed by atoms with Crippen molar-refractivity contribution in [2.75, 3.05) is 13.2 Å². The van der Waals surface area contributed by atoms with Gasteiger partial charge in [0, 0.05) is 27.0 Å². The molecule has 0 heterocycles. The molecule has 2 aromatic carbocycles. The predicted molar refractivity (Wildman–Crippen MR) is 126 cm³/mol. The number of ketones is 2. The first kappa shape index (κ1) is 28.7. The molecule has 0 aliphatic rings. The minimum absolute atomic E-state index is 0.0984. The Morgan fingerprint density at radius 3 is 1.61 bits per heavy atom. The van der Waals surface area contributed by atoms with Crippen molar-refractivity contribution in [3.63, 3.8) is 0 Å². The van der Waals surface area contributed by atoms with Gasteiger partial charge in [0.15, 0.2) is 11.6 Å². The van der Waals surface area contributed by atoms with Crippen LogP contribution in [0.1, 0.15) is 54.8 Å². The number of halogens is 2. The molecule has 2 aromatic rings. The maximum atomic E-state index is 11.6. The highest BCUT2D eigenvalue weighted by molar-refractivity contribution is 9.10. The number of hydrogen-bond acceptors (Lipinski definition) is 6. The lowest BCUT2D eigenvalue weighted by Crippen LogP contribution is -2.11. The van der Waals surface area contributed by atoms with Crippen molar-refractivity contribution in [3.05, 3.63) is 68.6 Å². The molecule has 0 fully saturated rings. The van der Waals surface area contributed by atoms with Gasteiger partial charge in [-0.25, -0.2) is 0 Å². The molecule has 0 aliphatic heterocycles. The Kier molecular flexibility index (Phi) is 15.2. The Bertz CT molecular complexity index is 880. The first-order valence-electron chi connectivity index (χ1n) is 9.44. The summed E-state index contributed by atoms with van der Waals surface area (Å²) < 4.78 is 10.9. The van der Waals surface area contributed by atoms with Crippen LogP contribution in [0, 0.1) is 0 Å². The van der Waals surface area contributed by atoms with E-state index in [9.17, 15) is 19.2 Å². The zero-order valence-electron chi connectivity index (χ0n) is 17.9. The summed E-state index contributed by atoms with van der Waals surface area (Å²) in [6.45, 7) is 7.22. The number of hydrogen-bond donors (Lipinski definition) is 0. The average Bonchev–Trinajstić information content (AvgIpc) is 2.69. The molecule has 0 aliphatic carbocycles. The van der Waals surface area contributed by atoms with Gasteiger partial charge in [-0.05, 0) is 45.0 Å². The maximum Gasteiger partial charge on any atom is 0.313 e. The standard InChI is InChI=1S/C11H11BrO3.C8H7BrO.C4H8O2/c1-2-15-11(14)7-10(13)8-4-3-5-9(12)6-8;1-6(10)7-3-2-4-8(9)5-7;1-3-6-4(2)5/h3-6H,2,7H2,1H3;2-5H,1H3;3H2,1-2H3. The highest BCUT2D eigenvalue weighted by Crippen LogP contribution is 2.13. The van der Waals surface area contributed by atoms with Crippen molar-refractivity contribution in [3.8, 4) is 0 Å². The zero-order chi connectivity index (χ0) is 23.8. The molecule has 0 bridgehead atoms. The van der Waals surface area contributed by atoms with E-state index >= 15 is 0 Å². The molecule has 168 valence electrons. The van der Waals surface area contributed by atoms with Crippen molar-refractivity contribution in [1.82, 2.24) is 0 Å². The number of esters is 2. The van der Waals surface area contributed by atoms with Crippen LogP contribution >= 0.6 is 31.9 Å². The van der Waals surface area contributed by atoms with Gasteiger partial charge in [-0.3, -0.25) is 19.2 Å². The Labute approximate surface area is 199 Å². The molecule has 0 unspecified atom stereocenters. The molecular formula is C23H26Br2O6. The highest BCUT2D eigenvalue weighted by atomic mass is 79.9. The topological polar surface area (TPSA) is 86.7 Å². The van der Waals surface area contributed by atoms with E-state index in [4.69, 9.17) is 4.74 Å². The first-order chi connectivity index (χ1) is 14.6. The molecule has 0 saturated carbocycles. The monoisotopic (exact) mass is 556 g/mol. The van der Waals surface area contributed by atoms with Gasteiger partial charge in [0.1, 0.15) is 6.42 Å². The number of Topliss-reactive ketones (excluding diaryl/α,β-unsaturated/α-hetero) is 2. The van der Waals surface area contributed by atoms with Crippen LogP contribution in [-0.4, -0.2) is 36.7 Å². The third-order valence-corrected chi connectivity index (χ3v) is 4.32. The maximum absolute atomic E-state index is 11.6. The summed E-state index contributed by atoms with van der Waals surface area (Å²) in [5.74, 6) is -0.823. The van der Waals surface area contributed by atoms with Crippen molar-refractivity contribution < 1.29 is 28.7 Å². The van der Waals surface area contributed by atoms with Crippen LogP contribution in [-0.2, 0) is 19.1 Å². The van der Waals surface area contributed by atoms with Gasteiger partial charge in [0.25, 0.3) is 0 Å². The second kappa shape index (κ2) is 16.4. The number of rotatable bonds is 6. The van der Waals surface area contributed by atoms with Gasteiger partial charge in [-0.15, -0.1) is 0 Å². The van der Waals surface area contributed by atoms with E-state index in [0.29, 0.717) is 18.8 Å². The van der Waals surface area contributed by atoms with Crippen molar-refractivity contribution in [2.24, 2.45) is 0 Å².